The fourth-order valence-electron chi connectivity index (χ4n) is 1.91. The minimum Gasteiger partial charge on any atom is -0.489 e. The van der Waals surface area contributed by atoms with Gasteiger partial charge in [0.1, 0.15) is 12.4 Å². The lowest BCUT2D eigenvalue weighted by Gasteiger charge is -2.11. The highest BCUT2D eigenvalue weighted by Crippen LogP contribution is 2.32. The van der Waals surface area contributed by atoms with Crippen LogP contribution in [0.3, 0.4) is 0 Å². The Kier molecular flexibility index (Phi) is 8.19. The fourth-order valence-corrected chi connectivity index (χ4v) is 2.70. The van der Waals surface area contributed by atoms with Crippen molar-refractivity contribution in [1.82, 2.24) is 10.7 Å². The molecule has 0 atom stereocenters. The monoisotopic (exact) mass is 427 g/mol. The maximum atomic E-state index is 6.18. The normalized spacial score (nSPS) is 10.6. The number of rotatable bonds is 7. The molecule has 0 saturated carbocycles. The summed E-state index contributed by atoms with van der Waals surface area (Å²) in [6.07, 6.45) is 3.34. The minimum absolute atomic E-state index is 0.201. The minimum atomic E-state index is 0.201. The van der Waals surface area contributed by atoms with Crippen LogP contribution in [0.15, 0.2) is 54.2 Å². The zero-order valence-electron chi connectivity index (χ0n) is 13.6. The molecular formula is C18H16Cl3N3OS. The quantitative estimate of drug-likeness (QED) is 0.209. The van der Waals surface area contributed by atoms with Crippen LogP contribution in [0.2, 0.25) is 15.1 Å². The number of hydrogen-bond acceptors (Lipinski definition) is 3. The Morgan fingerprint density at radius 2 is 1.96 bits per heavy atom. The van der Waals surface area contributed by atoms with E-state index in [2.05, 4.69) is 22.4 Å². The predicted octanol–water partition coefficient (Wildman–Crippen LogP) is 5.21. The highest BCUT2D eigenvalue weighted by molar-refractivity contribution is 7.80. The van der Waals surface area contributed by atoms with Crippen molar-refractivity contribution in [2.45, 2.75) is 6.61 Å². The molecule has 0 fully saturated rings. The summed E-state index contributed by atoms with van der Waals surface area (Å²) in [6, 6.07) is 10.7. The summed E-state index contributed by atoms with van der Waals surface area (Å²) in [4.78, 5) is 0. The van der Waals surface area contributed by atoms with Crippen LogP contribution in [-0.4, -0.2) is 17.9 Å². The molecule has 0 bridgehead atoms. The zero-order valence-corrected chi connectivity index (χ0v) is 16.7. The molecule has 0 aliphatic carbocycles. The van der Waals surface area contributed by atoms with Crippen molar-refractivity contribution in [3.05, 3.63) is 75.2 Å². The number of hydrazone groups is 1. The average Bonchev–Trinajstić information content (AvgIpc) is 2.63. The molecule has 0 radical (unpaired) electrons. The first-order valence-corrected chi connectivity index (χ1v) is 9.08. The van der Waals surface area contributed by atoms with Crippen molar-refractivity contribution in [1.29, 1.82) is 0 Å². The van der Waals surface area contributed by atoms with Crippen LogP contribution >= 0.6 is 47.0 Å². The molecule has 2 aromatic carbocycles. The molecule has 2 rings (SSSR count). The average molecular weight is 429 g/mol. The highest BCUT2D eigenvalue weighted by Gasteiger charge is 2.10. The van der Waals surface area contributed by atoms with Gasteiger partial charge in [0.05, 0.1) is 16.3 Å². The van der Waals surface area contributed by atoms with Gasteiger partial charge in [-0.25, -0.2) is 0 Å². The van der Waals surface area contributed by atoms with Gasteiger partial charge in [-0.1, -0.05) is 53.0 Å². The standard InChI is InChI=1S/C18H16Cl3N3OS/c1-2-8-22-18(26)24-23-10-12-4-3-5-13(9-12)25-11-14-15(19)6-7-16(20)17(14)21/h2-7,9-10H,1,8,11H2,(H2,22,24,26). The van der Waals surface area contributed by atoms with Crippen molar-refractivity contribution >= 4 is 58.3 Å². The molecular weight excluding hydrogens is 413 g/mol. The topological polar surface area (TPSA) is 45.7 Å². The Bertz CT molecular complexity index is 827. The summed E-state index contributed by atoms with van der Waals surface area (Å²) < 4.78 is 5.77. The van der Waals surface area contributed by atoms with E-state index in [1.807, 2.05) is 24.3 Å². The van der Waals surface area contributed by atoms with Crippen LogP contribution in [0, 0.1) is 0 Å². The SMILES string of the molecule is C=CCNC(=S)NN=Cc1cccc(OCc2c(Cl)ccc(Cl)c2Cl)c1. The van der Waals surface area contributed by atoms with Gasteiger partial charge in [0.2, 0.25) is 0 Å². The van der Waals surface area contributed by atoms with E-state index in [0.29, 0.717) is 38.0 Å². The number of thiocarbonyl (C=S) groups is 1. The number of nitrogens with one attached hydrogen (secondary N) is 2. The second kappa shape index (κ2) is 10.4. The van der Waals surface area contributed by atoms with Gasteiger partial charge in [0.25, 0.3) is 0 Å². The smallest absolute Gasteiger partial charge is 0.187 e. The van der Waals surface area contributed by atoms with E-state index in [9.17, 15) is 0 Å². The van der Waals surface area contributed by atoms with E-state index >= 15 is 0 Å². The van der Waals surface area contributed by atoms with Crippen molar-refractivity contribution in [2.24, 2.45) is 5.10 Å². The second-order valence-electron chi connectivity index (χ2n) is 5.05. The zero-order chi connectivity index (χ0) is 18.9. The second-order valence-corrected chi connectivity index (χ2v) is 6.65. The first-order chi connectivity index (χ1) is 12.5. The molecule has 0 heterocycles. The molecule has 0 aromatic heterocycles. The number of ether oxygens (including phenoxy) is 1. The third-order valence-electron chi connectivity index (χ3n) is 3.17. The van der Waals surface area contributed by atoms with E-state index < -0.39 is 0 Å². The molecule has 2 aromatic rings. The van der Waals surface area contributed by atoms with Crippen molar-refractivity contribution in [2.75, 3.05) is 6.54 Å². The summed E-state index contributed by atoms with van der Waals surface area (Å²) in [5, 5.41) is 8.72. The van der Waals surface area contributed by atoms with Gasteiger partial charge < -0.3 is 10.1 Å². The molecule has 0 amide bonds. The van der Waals surface area contributed by atoms with Crippen molar-refractivity contribution in [3.63, 3.8) is 0 Å². The van der Waals surface area contributed by atoms with Crippen molar-refractivity contribution in [3.8, 4) is 5.75 Å². The Morgan fingerprint density at radius 3 is 2.73 bits per heavy atom. The van der Waals surface area contributed by atoms with Crippen LogP contribution < -0.4 is 15.5 Å². The molecule has 4 nitrogen and oxygen atoms in total. The van der Waals surface area contributed by atoms with Gasteiger partial charge in [-0.3, -0.25) is 5.43 Å². The Balaban J connectivity index is 1.98. The molecule has 0 aliphatic heterocycles. The summed E-state index contributed by atoms with van der Waals surface area (Å²) in [6.45, 7) is 4.37. The van der Waals surface area contributed by atoms with Gasteiger partial charge in [0, 0.05) is 17.1 Å². The summed E-state index contributed by atoms with van der Waals surface area (Å²) in [5.74, 6) is 0.647. The van der Waals surface area contributed by atoms with Crippen LogP contribution in [-0.2, 0) is 6.61 Å². The van der Waals surface area contributed by atoms with Crippen LogP contribution in [0.5, 0.6) is 5.75 Å². The lowest BCUT2D eigenvalue weighted by Crippen LogP contribution is -2.31. The third kappa shape index (κ3) is 6.18. The van der Waals surface area contributed by atoms with E-state index in [0.717, 1.165) is 5.56 Å². The Labute approximate surface area is 172 Å². The number of benzene rings is 2. The first-order valence-electron chi connectivity index (χ1n) is 7.54. The number of nitrogens with zero attached hydrogens (tertiary/aromatic N) is 1. The van der Waals surface area contributed by atoms with Crippen molar-refractivity contribution < 1.29 is 4.74 Å². The molecule has 26 heavy (non-hydrogen) atoms. The fraction of sp³-hybridized carbons (Fsp3) is 0.111. The van der Waals surface area contributed by atoms with E-state index in [4.69, 9.17) is 51.8 Å². The van der Waals surface area contributed by atoms with E-state index in [-0.39, 0.29) is 6.61 Å². The summed E-state index contributed by atoms with van der Waals surface area (Å²) >= 11 is 23.4. The molecule has 136 valence electrons. The van der Waals surface area contributed by atoms with Gasteiger partial charge in [-0.2, -0.15) is 5.10 Å². The summed E-state index contributed by atoms with van der Waals surface area (Å²) in [5.41, 5.74) is 4.19. The Hall–Kier alpha value is -1.79. The molecule has 2 N–H and O–H groups in total. The lowest BCUT2D eigenvalue weighted by atomic mass is 10.2. The maximum Gasteiger partial charge on any atom is 0.187 e. The van der Waals surface area contributed by atoms with E-state index in [1.165, 1.54) is 0 Å². The molecule has 0 spiro atoms. The molecule has 0 aliphatic rings. The molecule has 0 saturated heterocycles. The Morgan fingerprint density at radius 1 is 1.19 bits per heavy atom. The van der Waals surface area contributed by atoms with Gasteiger partial charge in [-0.05, 0) is 42.0 Å². The first kappa shape index (κ1) is 20.5. The third-order valence-corrected chi connectivity index (χ3v) is 4.60. The lowest BCUT2D eigenvalue weighted by molar-refractivity contribution is 0.306. The highest BCUT2D eigenvalue weighted by atomic mass is 35.5. The van der Waals surface area contributed by atoms with Gasteiger partial charge in [-0.15, -0.1) is 6.58 Å². The maximum absolute atomic E-state index is 6.18. The molecule has 8 heteroatoms. The molecule has 0 unspecified atom stereocenters. The van der Waals surface area contributed by atoms with Crippen LogP contribution in [0.1, 0.15) is 11.1 Å². The van der Waals surface area contributed by atoms with Crippen LogP contribution in [0.25, 0.3) is 0 Å². The largest absolute Gasteiger partial charge is 0.489 e. The van der Waals surface area contributed by atoms with E-state index in [1.54, 1.807) is 24.4 Å². The summed E-state index contributed by atoms with van der Waals surface area (Å²) in [7, 11) is 0. The van der Waals surface area contributed by atoms with Gasteiger partial charge >= 0.3 is 0 Å². The number of halogens is 3. The van der Waals surface area contributed by atoms with Gasteiger partial charge in [0.15, 0.2) is 5.11 Å². The number of hydrogen-bond donors (Lipinski definition) is 2. The predicted molar refractivity (Wildman–Crippen MR) is 114 cm³/mol. The van der Waals surface area contributed by atoms with Crippen LogP contribution in [0.4, 0.5) is 0 Å².